The molecule has 0 saturated carbocycles. The smallest absolute Gasteiger partial charge is 0.285 e. The van der Waals surface area contributed by atoms with Crippen LogP contribution in [0.5, 0.6) is 0 Å². The molecule has 110 valence electrons. The topological polar surface area (TPSA) is 92.5 Å². The first kappa shape index (κ1) is 16.0. The van der Waals surface area contributed by atoms with Crippen molar-refractivity contribution >= 4 is 11.6 Å². The summed E-state index contributed by atoms with van der Waals surface area (Å²) in [5.74, 6) is -3.64. The molecule has 1 rings (SSSR count). The molecule has 6 nitrogen and oxygen atoms in total. The Labute approximate surface area is 113 Å². The van der Waals surface area contributed by atoms with E-state index in [0.29, 0.717) is 12.1 Å². The fourth-order valence-corrected chi connectivity index (χ4v) is 1.74. The maximum atomic E-state index is 13.1. The monoisotopic (exact) mass is 288 g/mol. The second-order valence-corrected chi connectivity index (χ2v) is 4.50. The van der Waals surface area contributed by atoms with Crippen LogP contribution >= 0.6 is 0 Å². The van der Waals surface area contributed by atoms with Gasteiger partial charge in [-0.2, -0.15) is 0 Å². The third-order valence-corrected chi connectivity index (χ3v) is 2.55. The first-order valence-corrected chi connectivity index (χ1v) is 5.84. The summed E-state index contributed by atoms with van der Waals surface area (Å²) in [6.45, 7) is 3.10. The predicted octanol–water partition coefficient (Wildman–Crippen LogP) is 1.76. The molecule has 0 radical (unpaired) electrons. The number of carbonyl (C=O) groups is 1. The average Bonchev–Trinajstić information content (AvgIpc) is 2.30. The van der Waals surface area contributed by atoms with E-state index in [1.165, 1.54) is 6.92 Å². The lowest BCUT2D eigenvalue weighted by Gasteiger charge is -2.15. The van der Waals surface area contributed by atoms with Crippen LogP contribution in [0.4, 0.5) is 14.5 Å². The fourth-order valence-electron chi connectivity index (χ4n) is 1.74. The van der Waals surface area contributed by atoms with Crippen LogP contribution in [0.15, 0.2) is 12.1 Å². The molecule has 0 heterocycles. The largest absolute Gasteiger partial charge is 0.393 e. The van der Waals surface area contributed by atoms with Gasteiger partial charge in [-0.15, -0.1) is 0 Å². The van der Waals surface area contributed by atoms with Gasteiger partial charge in [-0.05, 0) is 26.3 Å². The van der Waals surface area contributed by atoms with Crippen molar-refractivity contribution < 1.29 is 23.6 Å². The zero-order valence-electron chi connectivity index (χ0n) is 10.9. The molecular formula is C12H14F2N2O4. The quantitative estimate of drug-likeness (QED) is 0.638. The van der Waals surface area contributed by atoms with Gasteiger partial charge in [-0.1, -0.05) is 0 Å². The van der Waals surface area contributed by atoms with Crippen LogP contribution in [0, 0.1) is 21.7 Å². The number of nitrogens with zero attached hydrogens (tertiary/aromatic N) is 1. The van der Waals surface area contributed by atoms with Gasteiger partial charge in [0, 0.05) is 6.04 Å². The lowest BCUT2D eigenvalue weighted by atomic mass is 10.1. The molecule has 20 heavy (non-hydrogen) atoms. The Hall–Kier alpha value is -2.09. The predicted molar refractivity (Wildman–Crippen MR) is 66.2 cm³/mol. The van der Waals surface area contributed by atoms with E-state index in [-0.39, 0.29) is 6.42 Å². The average molecular weight is 288 g/mol. The maximum Gasteiger partial charge on any atom is 0.285 e. The van der Waals surface area contributed by atoms with Gasteiger partial charge in [0.05, 0.1) is 17.1 Å². The highest BCUT2D eigenvalue weighted by Crippen LogP contribution is 2.22. The Kier molecular flexibility index (Phi) is 5.09. The van der Waals surface area contributed by atoms with E-state index in [1.54, 1.807) is 6.92 Å². The third kappa shape index (κ3) is 3.95. The zero-order chi connectivity index (χ0) is 15.4. The standard InChI is InChI=1S/C12H14F2N2O4/c1-6(3-7(2)17)15-12(18)8-4-9(13)10(14)5-11(8)16(19)20/h4-7,17H,3H2,1-2H3,(H,15,18). The highest BCUT2D eigenvalue weighted by atomic mass is 19.2. The molecule has 0 aliphatic carbocycles. The van der Waals surface area contributed by atoms with Crippen molar-refractivity contribution in [2.45, 2.75) is 32.4 Å². The molecule has 1 aromatic rings. The van der Waals surface area contributed by atoms with Crippen molar-refractivity contribution in [3.8, 4) is 0 Å². The number of aliphatic hydroxyl groups excluding tert-OH is 1. The number of rotatable bonds is 5. The van der Waals surface area contributed by atoms with E-state index in [1.807, 2.05) is 0 Å². The SMILES string of the molecule is CC(O)CC(C)NC(=O)c1cc(F)c(F)cc1[N+](=O)[O-]. The van der Waals surface area contributed by atoms with E-state index in [9.17, 15) is 23.7 Å². The number of benzene rings is 1. The number of hydrogen-bond donors (Lipinski definition) is 2. The highest BCUT2D eigenvalue weighted by molar-refractivity contribution is 5.98. The summed E-state index contributed by atoms with van der Waals surface area (Å²) in [7, 11) is 0. The number of aliphatic hydroxyl groups is 1. The summed E-state index contributed by atoms with van der Waals surface area (Å²) in [6, 6.07) is 0.372. The Morgan fingerprint density at radius 2 is 1.95 bits per heavy atom. The van der Waals surface area contributed by atoms with Gasteiger partial charge in [0.15, 0.2) is 11.6 Å². The summed E-state index contributed by atoms with van der Waals surface area (Å²) in [5, 5.41) is 22.3. The van der Waals surface area contributed by atoms with Crippen molar-refractivity contribution in [2.24, 2.45) is 0 Å². The molecule has 0 aliphatic rings. The first-order valence-electron chi connectivity index (χ1n) is 5.84. The second-order valence-electron chi connectivity index (χ2n) is 4.50. The van der Waals surface area contributed by atoms with E-state index in [0.717, 1.165) is 0 Å². The lowest BCUT2D eigenvalue weighted by molar-refractivity contribution is -0.385. The summed E-state index contributed by atoms with van der Waals surface area (Å²) in [5.41, 5.74) is -1.38. The molecule has 8 heteroatoms. The summed E-state index contributed by atoms with van der Waals surface area (Å²) in [4.78, 5) is 21.6. The maximum absolute atomic E-state index is 13.1. The van der Waals surface area contributed by atoms with Gasteiger partial charge in [-0.25, -0.2) is 8.78 Å². The minimum atomic E-state index is -1.40. The fraction of sp³-hybridized carbons (Fsp3) is 0.417. The number of nitro benzene ring substituents is 1. The molecule has 0 spiro atoms. The molecule has 0 saturated heterocycles. The van der Waals surface area contributed by atoms with Crippen LogP contribution in [0.3, 0.4) is 0 Å². The van der Waals surface area contributed by atoms with Gasteiger partial charge < -0.3 is 10.4 Å². The Balaban J connectivity index is 3.03. The highest BCUT2D eigenvalue weighted by Gasteiger charge is 2.24. The van der Waals surface area contributed by atoms with Crippen LogP contribution in [0.25, 0.3) is 0 Å². The molecule has 2 N–H and O–H groups in total. The van der Waals surface area contributed by atoms with Gasteiger partial charge in [0.25, 0.3) is 11.6 Å². The normalized spacial score (nSPS) is 13.7. The molecule has 2 atom stereocenters. The number of amides is 1. The molecular weight excluding hydrogens is 274 g/mol. The minimum absolute atomic E-state index is 0.225. The van der Waals surface area contributed by atoms with E-state index >= 15 is 0 Å². The Morgan fingerprint density at radius 1 is 1.40 bits per heavy atom. The van der Waals surface area contributed by atoms with Crippen molar-refractivity contribution in [2.75, 3.05) is 0 Å². The van der Waals surface area contributed by atoms with Gasteiger partial charge in [0.2, 0.25) is 0 Å². The van der Waals surface area contributed by atoms with E-state index < -0.39 is 45.9 Å². The van der Waals surface area contributed by atoms with Gasteiger partial charge in [0.1, 0.15) is 5.56 Å². The molecule has 1 aromatic carbocycles. The van der Waals surface area contributed by atoms with E-state index in [4.69, 9.17) is 5.11 Å². The Bertz CT molecular complexity index is 534. The zero-order valence-corrected chi connectivity index (χ0v) is 10.9. The summed E-state index contributed by atoms with van der Waals surface area (Å²) >= 11 is 0. The molecule has 2 unspecified atom stereocenters. The van der Waals surface area contributed by atoms with Crippen molar-refractivity contribution in [3.63, 3.8) is 0 Å². The molecule has 0 fully saturated rings. The number of nitrogens with one attached hydrogen (secondary N) is 1. The molecule has 0 bridgehead atoms. The van der Waals surface area contributed by atoms with Gasteiger partial charge >= 0.3 is 0 Å². The first-order chi connectivity index (χ1) is 9.22. The number of hydrogen-bond acceptors (Lipinski definition) is 4. The number of nitro groups is 1. The molecule has 1 amide bonds. The summed E-state index contributed by atoms with van der Waals surface area (Å²) < 4.78 is 26.1. The van der Waals surface area contributed by atoms with Crippen LogP contribution in [-0.4, -0.2) is 28.1 Å². The van der Waals surface area contributed by atoms with Crippen molar-refractivity contribution in [3.05, 3.63) is 39.4 Å². The van der Waals surface area contributed by atoms with Crippen LogP contribution in [-0.2, 0) is 0 Å². The molecule has 0 aliphatic heterocycles. The number of carbonyl (C=O) groups excluding carboxylic acids is 1. The third-order valence-electron chi connectivity index (χ3n) is 2.55. The van der Waals surface area contributed by atoms with Crippen LogP contribution < -0.4 is 5.32 Å². The lowest BCUT2D eigenvalue weighted by Crippen LogP contribution is -2.35. The number of halogens is 2. The Morgan fingerprint density at radius 3 is 2.45 bits per heavy atom. The van der Waals surface area contributed by atoms with Crippen molar-refractivity contribution in [1.82, 2.24) is 5.32 Å². The van der Waals surface area contributed by atoms with Gasteiger partial charge in [-0.3, -0.25) is 14.9 Å². The van der Waals surface area contributed by atoms with Crippen LogP contribution in [0.2, 0.25) is 0 Å². The molecule has 0 aromatic heterocycles. The second kappa shape index (κ2) is 6.38. The van der Waals surface area contributed by atoms with Crippen molar-refractivity contribution in [1.29, 1.82) is 0 Å². The van der Waals surface area contributed by atoms with Crippen LogP contribution in [0.1, 0.15) is 30.6 Å². The minimum Gasteiger partial charge on any atom is -0.393 e. The van der Waals surface area contributed by atoms with E-state index in [2.05, 4.69) is 5.32 Å². The summed E-state index contributed by atoms with van der Waals surface area (Å²) in [6.07, 6.45) is -0.450.